The van der Waals surface area contributed by atoms with E-state index in [1.54, 1.807) is 4.68 Å². The van der Waals surface area contributed by atoms with Crippen LogP contribution in [-0.2, 0) is 28.9 Å². The van der Waals surface area contributed by atoms with Gasteiger partial charge in [-0.2, -0.15) is 18.3 Å². The number of carbonyl (C=O) groups is 1. The lowest BCUT2D eigenvalue weighted by Gasteiger charge is -2.17. The molecule has 2 aliphatic rings. The number of nitrogens with one attached hydrogen (secondary N) is 1. The zero-order valence-electron chi connectivity index (χ0n) is 15.5. The first-order valence-corrected chi connectivity index (χ1v) is 11.3. The summed E-state index contributed by atoms with van der Waals surface area (Å²) in [4.78, 5) is 12.8. The second-order valence-corrected chi connectivity index (χ2v) is 9.74. The van der Waals surface area contributed by atoms with E-state index in [1.165, 1.54) is 12.1 Å². The Kier molecular flexibility index (Phi) is 4.92. The zero-order chi connectivity index (χ0) is 20.8. The number of aromatic nitrogens is 2. The Morgan fingerprint density at radius 2 is 1.83 bits per heavy atom. The molecule has 29 heavy (non-hydrogen) atoms. The van der Waals surface area contributed by atoms with E-state index in [1.807, 2.05) is 0 Å². The molecule has 0 bridgehead atoms. The van der Waals surface area contributed by atoms with Crippen molar-refractivity contribution in [3.63, 3.8) is 0 Å². The summed E-state index contributed by atoms with van der Waals surface area (Å²) in [5.41, 5.74) is 1.38. The van der Waals surface area contributed by atoms with Gasteiger partial charge < -0.3 is 5.32 Å². The van der Waals surface area contributed by atoms with Gasteiger partial charge in [0.2, 0.25) is 0 Å². The van der Waals surface area contributed by atoms with Gasteiger partial charge in [-0.3, -0.25) is 9.48 Å². The van der Waals surface area contributed by atoms with E-state index in [0.717, 1.165) is 42.7 Å². The van der Waals surface area contributed by atoms with Gasteiger partial charge in [0.15, 0.2) is 15.5 Å². The van der Waals surface area contributed by atoms with Crippen LogP contribution in [0.5, 0.6) is 0 Å². The van der Waals surface area contributed by atoms with Crippen LogP contribution >= 0.6 is 0 Å². The van der Waals surface area contributed by atoms with Crippen LogP contribution in [0.25, 0.3) is 0 Å². The summed E-state index contributed by atoms with van der Waals surface area (Å²) in [6, 6.07) is 3.95. The van der Waals surface area contributed by atoms with E-state index in [0.29, 0.717) is 12.8 Å². The number of nitrogens with zero attached hydrogens (tertiary/aromatic N) is 2. The van der Waals surface area contributed by atoms with Gasteiger partial charge in [-0.25, -0.2) is 8.42 Å². The van der Waals surface area contributed by atoms with Crippen LogP contribution in [0.3, 0.4) is 0 Å². The minimum absolute atomic E-state index is 0.0150. The normalized spacial score (nSPS) is 21.0. The molecule has 4 rings (SSSR count). The number of halogens is 3. The number of rotatable bonds is 3. The fourth-order valence-electron chi connectivity index (χ4n) is 4.01. The van der Waals surface area contributed by atoms with E-state index < -0.39 is 27.5 Å². The predicted molar refractivity (Wildman–Crippen MR) is 101 cm³/mol. The molecular formula is C19H20F3N3O3S. The topological polar surface area (TPSA) is 81.1 Å². The number of anilines is 1. The van der Waals surface area contributed by atoms with Gasteiger partial charge >= 0.3 is 6.18 Å². The monoisotopic (exact) mass is 427 g/mol. The minimum atomic E-state index is -4.44. The molecule has 0 radical (unpaired) electrons. The SMILES string of the molecule is O=C(Nc1ccc(C(F)(F)F)cc1)c1nn([C@H]2CCS(=O)(=O)C2)c2c1CCCC2. The molecule has 1 amide bonds. The van der Waals surface area contributed by atoms with Crippen molar-refractivity contribution in [2.75, 3.05) is 16.8 Å². The molecule has 1 N–H and O–H groups in total. The third kappa shape index (κ3) is 4.03. The Hall–Kier alpha value is -2.36. The van der Waals surface area contributed by atoms with Crippen molar-refractivity contribution in [1.29, 1.82) is 0 Å². The van der Waals surface area contributed by atoms with Crippen LogP contribution < -0.4 is 5.32 Å². The van der Waals surface area contributed by atoms with E-state index >= 15 is 0 Å². The zero-order valence-corrected chi connectivity index (χ0v) is 16.3. The van der Waals surface area contributed by atoms with Crippen LogP contribution in [-0.4, -0.2) is 35.6 Å². The highest BCUT2D eigenvalue weighted by Gasteiger charge is 2.34. The average Bonchev–Trinajstić information content (AvgIpc) is 3.21. The Labute approximate surface area is 166 Å². The highest BCUT2D eigenvalue weighted by molar-refractivity contribution is 7.91. The maximum Gasteiger partial charge on any atom is 0.416 e. The van der Waals surface area contributed by atoms with Crippen molar-refractivity contribution in [1.82, 2.24) is 9.78 Å². The molecule has 10 heteroatoms. The van der Waals surface area contributed by atoms with Crippen molar-refractivity contribution in [2.45, 2.75) is 44.3 Å². The van der Waals surface area contributed by atoms with Crippen LogP contribution in [0.1, 0.15) is 52.6 Å². The molecule has 0 spiro atoms. The third-order valence-electron chi connectivity index (χ3n) is 5.45. The van der Waals surface area contributed by atoms with Gasteiger partial charge in [-0.15, -0.1) is 0 Å². The van der Waals surface area contributed by atoms with Gasteiger partial charge in [-0.05, 0) is 56.4 Å². The first-order chi connectivity index (χ1) is 13.6. The largest absolute Gasteiger partial charge is 0.416 e. The Morgan fingerprint density at radius 3 is 2.45 bits per heavy atom. The summed E-state index contributed by atoms with van der Waals surface area (Å²) in [7, 11) is -3.10. The number of benzene rings is 1. The van der Waals surface area contributed by atoms with Gasteiger partial charge in [0.1, 0.15) is 0 Å². The molecular weight excluding hydrogens is 407 g/mol. The lowest BCUT2D eigenvalue weighted by molar-refractivity contribution is -0.137. The minimum Gasteiger partial charge on any atom is -0.321 e. The molecule has 6 nitrogen and oxygen atoms in total. The first kappa shape index (κ1) is 19.9. The van der Waals surface area contributed by atoms with E-state index in [4.69, 9.17) is 0 Å². The smallest absolute Gasteiger partial charge is 0.321 e. The van der Waals surface area contributed by atoms with Gasteiger partial charge in [0, 0.05) is 16.9 Å². The molecule has 2 aromatic rings. The first-order valence-electron chi connectivity index (χ1n) is 9.43. The van der Waals surface area contributed by atoms with Gasteiger partial charge in [0.25, 0.3) is 5.91 Å². The van der Waals surface area contributed by atoms with Crippen LogP contribution in [0.4, 0.5) is 18.9 Å². The summed E-state index contributed by atoms with van der Waals surface area (Å²) >= 11 is 0. The number of sulfone groups is 1. The Bertz CT molecular complexity index is 1040. The molecule has 1 aromatic carbocycles. The Balaban J connectivity index is 1.60. The highest BCUT2D eigenvalue weighted by atomic mass is 32.2. The number of hydrogen-bond donors (Lipinski definition) is 1. The summed E-state index contributed by atoms with van der Waals surface area (Å²) in [6.07, 6.45) is -0.726. The molecule has 156 valence electrons. The van der Waals surface area contributed by atoms with Crippen molar-refractivity contribution >= 4 is 21.4 Å². The maximum atomic E-state index is 12.8. The van der Waals surface area contributed by atoms with Crippen molar-refractivity contribution in [3.05, 3.63) is 46.8 Å². The molecule has 1 aliphatic carbocycles. The molecule has 1 aromatic heterocycles. The molecule has 0 saturated carbocycles. The lowest BCUT2D eigenvalue weighted by Crippen LogP contribution is -2.17. The van der Waals surface area contributed by atoms with E-state index in [-0.39, 0.29) is 28.9 Å². The molecule has 2 heterocycles. The summed E-state index contributed by atoms with van der Waals surface area (Å²) in [5.74, 6) is -0.372. The summed E-state index contributed by atoms with van der Waals surface area (Å²) < 4.78 is 63.5. The fraction of sp³-hybridized carbons (Fsp3) is 0.474. The summed E-state index contributed by atoms with van der Waals surface area (Å²) in [5, 5.41) is 7.06. The number of amides is 1. The average molecular weight is 427 g/mol. The molecule has 1 atom stereocenters. The maximum absolute atomic E-state index is 12.8. The van der Waals surface area contributed by atoms with E-state index in [2.05, 4.69) is 10.4 Å². The van der Waals surface area contributed by atoms with Crippen LogP contribution in [0.15, 0.2) is 24.3 Å². The second kappa shape index (κ2) is 7.16. The third-order valence-corrected chi connectivity index (χ3v) is 7.20. The molecule has 1 fully saturated rings. The van der Waals surface area contributed by atoms with Crippen LogP contribution in [0, 0.1) is 0 Å². The number of hydrogen-bond acceptors (Lipinski definition) is 4. The fourth-order valence-corrected chi connectivity index (χ4v) is 5.70. The van der Waals surface area contributed by atoms with E-state index in [9.17, 15) is 26.4 Å². The van der Waals surface area contributed by atoms with Gasteiger partial charge in [-0.1, -0.05) is 0 Å². The van der Waals surface area contributed by atoms with Crippen molar-refractivity contribution < 1.29 is 26.4 Å². The Morgan fingerprint density at radius 1 is 1.14 bits per heavy atom. The lowest BCUT2D eigenvalue weighted by atomic mass is 9.95. The molecule has 1 aliphatic heterocycles. The molecule has 0 unspecified atom stereocenters. The van der Waals surface area contributed by atoms with Crippen LogP contribution in [0.2, 0.25) is 0 Å². The van der Waals surface area contributed by atoms with Crippen molar-refractivity contribution in [3.8, 4) is 0 Å². The molecule has 1 saturated heterocycles. The highest BCUT2D eigenvalue weighted by Crippen LogP contribution is 2.32. The predicted octanol–water partition coefficient (Wildman–Crippen LogP) is 3.39. The van der Waals surface area contributed by atoms with Gasteiger partial charge in [0.05, 0.1) is 23.1 Å². The number of fused-ring (bicyclic) bond motifs is 1. The standard InChI is InChI=1S/C19H20F3N3O3S/c20-19(21,22)12-5-7-13(8-6-12)23-18(26)17-15-3-1-2-4-16(15)25(24-17)14-9-10-29(27,28)11-14/h5-8,14H,1-4,9-11H2,(H,23,26)/t14-/m0/s1. The van der Waals surface area contributed by atoms with Crippen molar-refractivity contribution in [2.24, 2.45) is 0 Å². The number of alkyl halides is 3. The quantitative estimate of drug-likeness (QED) is 0.814. The number of carbonyl (C=O) groups excluding carboxylic acids is 1. The second-order valence-electron chi connectivity index (χ2n) is 7.51. The summed E-state index contributed by atoms with van der Waals surface area (Å²) in [6.45, 7) is 0.